The van der Waals surface area contributed by atoms with Crippen LogP contribution in [-0.4, -0.2) is 42.7 Å². The third kappa shape index (κ3) is 5.21. The number of ether oxygens (including phenoxy) is 1. The Bertz CT molecular complexity index is 563. The topological polar surface area (TPSA) is 41.6 Å². The zero-order valence-electron chi connectivity index (χ0n) is 13.9. The van der Waals surface area contributed by atoms with Gasteiger partial charge in [-0.2, -0.15) is 13.2 Å². The number of carbonyl (C=O) groups is 1. The van der Waals surface area contributed by atoms with Crippen molar-refractivity contribution in [3.05, 3.63) is 35.4 Å². The lowest BCUT2D eigenvalue weighted by Crippen LogP contribution is -2.55. The Hall–Kier alpha value is -1.60. The number of nitrogens with zero attached hydrogens (tertiary/aromatic N) is 1. The fourth-order valence-corrected chi connectivity index (χ4v) is 3.21. The van der Waals surface area contributed by atoms with Crippen LogP contribution in [-0.2, 0) is 22.7 Å². The van der Waals surface area contributed by atoms with Gasteiger partial charge in [-0.05, 0) is 24.0 Å². The van der Waals surface area contributed by atoms with E-state index in [1.165, 1.54) is 11.8 Å². The summed E-state index contributed by atoms with van der Waals surface area (Å²) in [5.74, 6) is -0.215. The number of methoxy groups -OCH3 is 1. The molecule has 1 fully saturated rings. The zero-order chi connectivity index (χ0) is 17.7. The molecule has 1 aliphatic rings. The van der Waals surface area contributed by atoms with Gasteiger partial charge in [-0.3, -0.25) is 9.69 Å². The molecule has 134 valence electrons. The molecular weight excluding hydrogens is 321 g/mol. The summed E-state index contributed by atoms with van der Waals surface area (Å²) in [7, 11) is 1.58. The van der Waals surface area contributed by atoms with Crippen molar-refractivity contribution in [3.63, 3.8) is 0 Å². The molecule has 1 N–H and O–H groups in total. The number of amides is 1. The number of carbonyl (C=O) groups excluding carboxylic acids is 1. The predicted octanol–water partition coefficient (Wildman–Crippen LogP) is 2.86. The number of piperidine rings is 1. The van der Waals surface area contributed by atoms with Crippen molar-refractivity contribution in [1.29, 1.82) is 0 Å². The number of nitrogens with one attached hydrogen (secondary N) is 1. The first-order valence-electron chi connectivity index (χ1n) is 7.94. The second-order valence-electron chi connectivity index (χ2n) is 6.21. The van der Waals surface area contributed by atoms with Crippen molar-refractivity contribution in [2.75, 3.05) is 13.7 Å². The minimum atomic E-state index is -4.27. The van der Waals surface area contributed by atoms with Crippen LogP contribution in [0.5, 0.6) is 0 Å². The summed E-state index contributed by atoms with van der Waals surface area (Å²) in [5, 5.41) is 2.73. The van der Waals surface area contributed by atoms with E-state index in [1.54, 1.807) is 7.11 Å². The van der Waals surface area contributed by atoms with Gasteiger partial charge in [-0.1, -0.05) is 24.3 Å². The van der Waals surface area contributed by atoms with Crippen LogP contribution in [0.2, 0.25) is 0 Å². The van der Waals surface area contributed by atoms with Crippen molar-refractivity contribution in [2.45, 2.75) is 51.2 Å². The highest BCUT2D eigenvalue weighted by Crippen LogP contribution is 2.33. The first-order chi connectivity index (χ1) is 11.3. The molecule has 0 aliphatic carbocycles. The van der Waals surface area contributed by atoms with Gasteiger partial charge in [0, 0.05) is 33.2 Å². The van der Waals surface area contributed by atoms with Crippen LogP contribution in [0, 0.1) is 0 Å². The summed E-state index contributed by atoms with van der Waals surface area (Å²) in [6, 6.07) is 5.65. The molecule has 0 bridgehead atoms. The molecule has 0 spiro atoms. The molecule has 0 unspecified atom stereocenters. The molecule has 1 aromatic carbocycles. The second kappa shape index (κ2) is 7.98. The van der Waals surface area contributed by atoms with E-state index in [4.69, 9.17) is 4.74 Å². The van der Waals surface area contributed by atoms with E-state index in [0.717, 1.165) is 11.1 Å². The highest BCUT2D eigenvalue weighted by atomic mass is 19.4. The summed E-state index contributed by atoms with van der Waals surface area (Å²) in [4.78, 5) is 12.6. The molecule has 2 atom stereocenters. The monoisotopic (exact) mass is 344 g/mol. The SMILES string of the molecule is COCc1cccc(CN2C[C@H](NC(C)=O)CC[C@H]2C(F)(F)F)c1. The maximum absolute atomic E-state index is 13.3. The summed E-state index contributed by atoms with van der Waals surface area (Å²) in [6.07, 6.45) is -3.94. The first-order valence-corrected chi connectivity index (χ1v) is 7.94. The van der Waals surface area contributed by atoms with Crippen LogP contribution >= 0.6 is 0 Å². The second-order valence-corrected chi connectivity index (χ2v) is 6.21. The molecule has 1 heterocycles. The van der Waals surface area contributed by atoms with Gasteiger partial charge >= 0.3 is 6.18 Å². The third-order valence-electron chi connectivity index (χ3n) is 4.16. The zero-order valence-corrected chi connectivity index (χ0v) is 13.9. The number of hydrogen-bond donors (Lipinski definition) is 1. The van der Waals surface area contributed by atoms with Crippen LogP contribution in [0.25, 0.3) is 0 Å². The van der Waals surface area contributed by atoms with Crippen LogP contribution in [0.4, 0.5) is 13.2 Å². The van der Waals surface area contributed by atoms with E-state index < -0.39 is 12.2 Å². The summed E-state index contributed by atoms with van der Waals surface area (Å²) in [5.41, 5.74) is 1.73. The average molecular weight is 344 g/mol. The predicted molar refractivity (Wildman–Crippen MR) is 84.2 cm³/mol. The third-order valence-corrected chi connectivity index (χ3v) is 4.16. The quantitative estimate of drug-likeness (QED) is 0.893. The smallest absolute Gasteiger partial charge is 0.380 e. The maximum atomic E-state index is 13.3. The van der Waals surface area contributed by atoms with Gasteiger partial charge in [-0.25, -0.2) is 0 Å². The average Bonchev–Trinajstić information content (AvgIpc) is 2.46. The normalized spacial score (nSPS) is 22.4. The Balaban J connectivity index is 2.14. The molecular formula is C17H23F3N2O2. The van der Waals surface area contributed by atoms with E-state index in [-0.39, 0.29) is 31.5 Å². The lowest BCUT2D eigenvalue weighted by Gasteiger charge is -2.40. The number of halogens is 3. The summed E-state index contributed by atoms with van der Waals surface area (Å²) in [6.45, 7) is 2.19. The van der Waals surface area contributed by atoms with E-state index in [9.17, 15) is 18.0 Å². The fraction of sp³-hybridized carbons (Fsp3) is 0.588. The van der Waals surface area contributed by atoms with E-state index in [2.05, 4.69) is 5.32 Å². The molecule has 0 radical (unpaired) electrons. The fourth-order valence-electron chi connectivity index (χ4n) is 3.21. The largest absolute Gasteiger partial charge is 0.404 e. The number of likely N-dealkylation sites (tertiary alicyclic amines) is 1. The molecule has 1 amide bonds. The van der Waals surface area contributed by atoms with Gasteiger partial charge in [0.2, 0.25) is 5.91 Å². The highest BCUT2D eigenvalue weighted by Gasteiger charge is 2.46. The van der Waals surface area contributed by atoms with Crippen LogP contribution in [0.1, 0.15) is 30.9 Å². The first kappa shape index (κ1) is 18.7. The minimum absolute atomic E-state index is 0.00773. The Kier molecular flexibility index (Phi) is 6.23. The molecule has 4 nitrogen and oxygen atoms in total. The van der Waals surface area contributed by atoms with Gasteiger partial charge in [-0.15, -0.1) is 0 Å². The molecule has 1 aromatic rings. The number of rotatable bonds is 5. The van der Waals surface area contributed by atoms with E-state index in [0.29, 0.717) is 13.0 Å². The number of benzene rings is 1. The van der Waals surface area contributed by atoms with Crippen molar-refractivity contribution < 1.29 is 22.7 Å². The molecule has 0 saturated carbocycles. The molecule has 2 rings (SSSR count). The van der Waals surface area contributed by atoms with Crippen molar-refractivity contribution in [1.82, 2.24) is 10.2 Å². The highest BCUT2D eigenvalue weighted by molar-refractivity contribution is 5.73. The van der Waals surface area contributed by atoms with E-state index >= 15 is 0 Å². The Morgan fingerprint density at radius 3 is 2.67 bits per heavy atom. The van der Waals surface area contributed by atoms with Gasteiger partial charge in [0.15, 0.2) is 0 Å². The molecule has 0 aromatic heterocycles. The summed E-state index contributed by atoms with van der Waals surface area (Å²) < 4.78 is 45.1. The minimum Gasteiger partial charge on any atom is -0.380 e. The van der Waals surface area contributed by atoms with Crippen molar-refractivity contribution >= 4 is 5.91 Å². The van der Waals surface area contributed by atoms with Gasteiger partial charge in [0.1, 0.15) is 6.04 Å². The van der Waals surface area contributed by atoms with Crippen molar-refractivity contribution in [2.24, 2.45) is 0 Å². The lowest BCUT2D eigenvalue weighted by molar-refractivity contribution is -0.194. The molecule has 1 saturated heterocycles. The van der Waals surface area contributed by atoms with Gasteiger partial charge in [0.25, 0.3) is 0 Å². The summed E-state index contributed by atoms with van der Waals surface area (Å²) >= 11 is 0. The van der Waals surface area contributed by atoms with Crippen LogP contribution in [0.3, 0.4) is 0 Å². The van der Waals surface area contributed by atoms with Gasteiger partial charge < -0.3 is 10.1 Å². The number of hydrogen-bond acceptors (Lipinski definition) is 3. The number of alkyl halides is 3. The van der Waals surface area contributed by atoms with Crippen molar-refractivity contribution in [3.8, 4) is 0 Å². The Morgan fingerprint density at radius 2 is 2.04 bits per heavy atom. The molecule has 1 aliphatic heterocycles. The Morgan fingerprint density at radius 1 is 1.33 bits per heavy atom. The Labute approximate surface area is 140 Å². The van der Waals surface area contributed by atoms with E-state index in [1.807, 2.05) is 24.3 Å². The van der Waals surface area contributed by atoms with Crippen LogP contribution < -0.4 is 5.32 Å². The van der Waals surface area contributed by atoms with Crippen LogP contribution in [0.15, 0.2) is 24.3 Å². The molecule has 24 heavy (non-hydrogen) atoms. The lowest BCUT2D eigenvalue weighted by atomic mass is 9.96. The molecule has 7 heteroatoms. The van der Waals surface area contributed by atoms with Gasteiger partial charge in [0.05, 0.1) is 6.61 Å². The maximum Gasteiger partial charge on any atom is 0.404 e. The standard InChI is InChI=1S/C17H23F3N2O2/c1-12(23)21-15-6-7-16(17(18,19)20)22(10-15)9-13-4-3-5-14(8-13)11-24-2/h3-5,8,15-16H,6-7,9-11H2,1-2H3,(H,21,23)/t15-,16+/m1/s1.